The number of rotatable bonds is 1. The van der Waals surface area contributed by atoms with Gasteiger partial charge < -0.3 is 0 Å². The molecule has 5 heteroatoms. The predicted octanol–water partition coefficient (Wildman–Crippen LogP) is 0.634. The monoisotopic (exact) mass is 212 g/mol. The third kappa shape index (κ3) is 3.26. The van der Waals surface area contributed by atoms with Crippen LogP contribution in [0.25, 0.3) is 0 Å². The van der Waals surface area contributed by atoms with Crippen LogP contribution in [0, 0.1) is 13.8 Å². The average molecular weight is 213 g/mol. The molecule has 0 radical (unpaired) electrons. The first-order valence-corrected chi connectivity index (χ1v) is 4.90. The molecule has 0 atom stereocenters. The molecule has 3 nitrogen and oxygen atoms in total. The van der Waals surface area contributed by atoms with Gasteiger partial charge in [0.05, 0.1) is 4.90 Å². The summed E-state index contributed by atoms with van der Waals surface area (Å²) < 4.78 is 30.0. The Morgan fingerprint density at radius 2 is 1.69 bits per heavy atom. The lowest BCUT2D eigenvalue weighted by molar-refractivity contribution is 0.483. The van der Waals surface area contributed by atoms with Crippen molar-refractivity contribution in [2.45, 2.75) is 18.7 Å². The van der Waals surface area contributed by atoms with Crippen molar-refractivity contribution >= 4 is 33.2 Å². The average Bonchev–Trinajstić information content (AvgIpc) is 1.92. The van der Waals surface area contributed by atoms with E-state index >= 15 is 0 Å². The molecule has 0 aliphatic rings. The molecule has 0 heterocycles. The van der Waals surface area contributed by atoms with Crippen LogP contribution in [0.5, 0.6) is 0 Å². The Balaban J connectivity index is 0.00000144. The van der Waals surface area contributed by atoms with Gasteiger partial charge >= 0.3 is 23.1 Å². The zero-order valence-corrected chi connectivity index (χ0v) is 7.72. The van der Waals surface area contributed by atoms with Crippen LogP contribution in [0.2, 0.25) is 0 Å². The van der Waals surface area contributed by atoms with Crippen LogP contribution < -0.4 is 0 Å². The van der Waals surface area contributed by atoms with E-state index in [1.165, 1.54) is 12.1 Å². The minimum absolute atomic E-state index is 0. The van der Waals surface area contributed by atoms with Crippen molar-refractivity contribution < 1.29 is 13.0 Å². The highest BCUT2D eigenvalue weighted by atomic mass is 32.2. The third-order valence-corrected chi connectivity index (χ3v) is 2.63. The van der Waals surface area contributed by atoms with Gasteiger partial charge in [-0.05, 0) is 37.1 Å². The van der Waals surface area contributed by atoms with Gasteiger partial charge in [-0.1, -0.05) is 6.07 Å². The molecule has 1 aromatic rings. The molecule has 0 aliphatic heterocycles. The number of aryl methyl sites for hydroxylation is 2. The van der Waals surface area contributed by atoms with E-state index in [0.717, 1.165) is 11.1 Å². The molecule has 0 amide bonds. The minimum atomic E-state index is -4.04. The maximum Gasteiger partial charge on any atom is 0.316 e. The quantitative estimate of drug-likeness (QED) is 0.549. The van der Waals surface area contributed by atoms with Crippen molar-refractivity contribution in [3.63, 3.8) is 0 Å². The third-order valence-electron chi connectivity index (χ3n) is 1.78. The van der Waals surface area contributed by atoms with Crippen molar-refractivity contribution in [2.75, 3.05) is 0 Å². The topological polar surface area (TPSA) is 54.4 Å². The van der Waals surface area contributed by atoms with Gasteiger partial charge in [-0.25, -0.2) is 0 Å². The standard InChI is InChI=1S/C8H10O3S.Mg.2H/c1-6-3-4-8(5-7(6)2)12(9,10)11;;;/h3-5H,1-2H3,(H,9,10,11);;;. The Labute approximate surface area is 94.1 Å². The molecule has 0 fully saturated rings. The van der Waals surface area contributed by atoms with E-state index in [4.69, 9.17) is 4.55 Å². The van der Waals surface area contributed by atoms with Gasteiger partial charge in [-0.2, -0.15) is 8.42 Å². The zero-order chi connectivity index (χ0) is 9.35. The van der Waals surface area contributed by atoms with E-state index in [1.54, 1.807) is 13.0 Å². The molecule has 0 aromatic heterocycles. The van der Waals surface area contributed by atoms with E-state index in [-0.39, 0.29) is 27.9 Å². The summed E-state index contributed by atoms with van der Waals surface area (Å²) in [6.45, 7) is 3.67. The first kappa shape index (κ1) is 12.9. The molecular formula is C8H12MgO3S. The van der Waals surface area contributed by atoms with Crippen LogP contribution in [0.3, 0.4) is 0 Å². The summed E-state index contributed by atoms with van der Waals surface area (Å²) in [4.78, 5) is -0.0504. The van der Waals surface area contributed by atoms with Crippen molar-refractivity contribution in [1.82, 2.24) is 0 Å². The van der Waals surface area contributed by atoms with E-state index < -0.39 is 10.1 Å². The fourth-order valence-electron chi connectivity index (χ4n) is 0.874. The molecule has 70 valence electrons. The van der Waals surface area contributed by atoms with Crippen LogP contribution in [0.4, 0.5) is 0 Å². The van der Waals surface area contributed by atoms with Crippen LogP contribution in [-0.2, 0) is 10.1 Å². The van der Waals surface area contributed by atoms with Gasteiger partial charge in [0.15, 0.2) is 0 Å². The van der Waals surface area contributed by atoms with Crippen molar-refractivity contribution in [3.8, 4) is 0 Å². The summed E-state index contributed by atoms with van der Waals surface area (Å²) >= 11 is 0. The van der Waals surface area contributed by atoms with Gasteiger partial charge in [0.1, 0.15) is 0 Å². The number of hydrogen-bond donors (Lipinski definition) is 1. The van der Waals surface area contributed by atoms with E-state index in [0.29, 0.717) is 0 Å². The fraction of sp³-hybridized carbons (Fsp3) is 0.250. The number of benzene rings is 1. The van der Waals surface area contributed by atoms with Gasteiger partial charge in [-0.3, -0.25) is 4.55 Å². The van der Waals surface area contributed by atoms with Crippen molar-refractivity contribution in [3.05, 3.63) is 29.3 Å². The largest absolute Gasteiger partial charge is 0.316 e. The Kier molecular flexibility index (Phi) is 4.37. The molecule has 1 aromatic carbocycles. The van der Waals surface area contributed by atoms with Crippen LogP contribution >= 0.6 is 0 Å². The van der Waals surface area contributed by atoms with Gasteiger partial charge in [0.25, 0.3) is 10.1 Å². The highest BCUT2D eigenvalue weighted by Gasteiger charge is 2.08. The second-order valence-electron chi connectivity index (χ2n) is 2.72. The van der Waals surface area contributed by atoms with Crippen LogP contribution in [-0.4, -0.2) is 36.0 Å². The SMILES string of the molecule is Cc1ccc(S(=O)(=O)O)cc1C.[MgH2]. The van der Waals surface area contributed by atoms with Crippen molar-refractivity contribution in [1.29, 1.82) is 0 Å². The Morgan fingerprint density at radius 3 is 2.08 bits per heavy atom. The number of hydrogen-bond acceptors (Lipinski definition) is 2. The minimum Gasteiger partial charge on any atom is -0.282 e. The summed E-state index contributed by atoms with van der Waals surface area (Å²) in [5, 5.41) is 0. The zero-order valence-electron chi connectivity index (χ0n) is 6.90. The fourth-order valence-corrected chi connectivity index (χ4v) is 1.44. The summed E-state index contributed by atoms with van der Waals surface area (Å²) in [6.07, 6.45) is 0. The van der Waals surface area contributed by atoms with E-state index in [9.17, 15) is 8.42 Å². The molecule has 0 spiro atoms. The molecule has 0 saturated carbocycles. The molecule has 0 unspecified atom stereocenters. The maximum absolute atomic E-state index is 10.7. The summed E-state index contributed by atoms with van der Waals surface area (Å²) in [5.74, 6) is 0. The molecule has 1 rings (SSSR count). The Bertz CT molecular complexity index is 398. The van der Waals surface area contributed by atoms with E-state index in [2.05, 4.69) is 0 Å². The summed E-state index contributed by atoms with van der Waals surface area (Å²) in [6, 6.07) is 4.50. The van der Waals surface area contributed by atoms with Crippen molar-refractivity contribution in [2.24, 2.45) is 0 Å². The first-order chi connectivity index (χ1) is 5.41. The smallest absolute Gasteiger partial charge is 0.282 e. The summed E-state index contributed by atoms with van der Waals surface area (Å²) in [5.41, 5.74) is 1.85. The molecule has 0 aliphatic carbocycles. The molecule has 1 N–H and O–H groups in total. The second kappa shape index (κ2) is 4.41. The van der Waals surface area contributed by atoms with Gasteiger partial charge in [-0.15, -0.1) is 0 Å². The lowest BCUT2D eigenvalue weighted by Crippen LogP contribution is -1.98. The first-order valence-electron chi connectivity index (χ1n) is 3.46. The molecule has 0 saturated heterocycles. The lowest BCUT2D eigenvalue weighted by atomic mass is 10.1. The predicted molar refractivity (Wildman–Crippen MR) is 54.3 cm³/mol. The second-order valence-corrected chi connectivity index (χ2v) is 4.14. The molecular weight excluding hydrogens is 200 g/mol. The Morgan fingerprint density at radius 1 is 1.15 bits per heavy atom. The highest BCUT2D eigenvalue weighted by molar-refractivity contribution is 7.85. The van der Waals surface area contributed by atoms with Crippen LogP contribution in [0.1, 0.15) is 11.1 Å². The summed E-state index contributed by atoms with van der Waals surface area (Å²) in [7, 11) is -4.04. The van der Waals surface area contributed by atoms with Crippen LogP contribution in [0.15, 0.2) is 23.1 Å². The van der Waals surface area contributed by atoms with Gasteiger partial charge in [0.2, 0.25) is 0 Å². The lowest BCUT2D eigenvalue weighted by Gasteiger charge is -2.01. The van der Waals surface area contributed by atoms with E-state index in [1.807, 2.05) is 6.92 Å². The highest BCUT2D eigenvalue weighted by Crippen LogP contribution is 2.13. The molecule has 13 heavy (non-hydrogen) atoms. The Hall–Kier alpha value is -0.104. The normalized spacial score (nSPS) is 10.7. The maximum atomic E-state index is 10.7. The van der Waals surface area contributed by atoms with Gasteiger partial charge in [0, 0.05) is 0 Å². The molecule has 0 bridgehead atoms.